The fourth-order valence-corrected chi connectivity index (χ4v) is 9.09. The Morgan fingerprint density at radius 2 is 0.915 bits per heavy atom. The van der Waals surface area contributed by atoms with Crippen LogP contribution in [0.15, 0.2) is 223 Å². The van der Waals surface area contributed by atoms with Crippen LogP contribution in [0, 0.1) is 0 Å². The van der Waals surface area contributed by atoms with Gasteiger partial charge in [-0.25, -0.2) is 0 Å². The van der Waals surface area contributed by atoms with Gasteiger partial charge in [0.15, 0.2) is 0 Å². The van der Waals surface area contributed by atoms with E-state index in [1.165, 1.54) is 71.0 Å². The summed E-state index contributed by atoms with van der Waals surface area (Å²) < 4.78 is 8.71. The third-order valence-electron chi connectivity index (χ3n) is 11.9. The zero-order valence-electron chi connectivity index (χ0n) is 32.1. The normalized spacial score (nSPS) is 11.7. The predicted octanol–water partition coefficient (Wildman–Crippen LogP) is 15.8. The van der Waals surface area contributed by atoms with E-state index in [1.54, 1.807) is 0 Å². The summed E-state index contributed by atoms with van der Waals surface area (Å²) in [5.41, 5.74) is 13.5. The van der Waals surface area contributed by atoms with Gasteiger partial charge in [0.05, 0.1) is 11.0 Å². The van der Waals surface area contributed by atoms with Gasteiger partial charge in [0.1, 0.15) is 11.2 Å². The molecular formula is C56H36N2O. The molecule has 0 unspecified atom stereocenters. The fraction of sp³-hybridized carbons (Fsp3) is 0. The van der Waals surface area contributed by atoms with E-state index >= 15 is 0 Å². The van der Waals surface area contributed by atoms with E-state index in [0.29, 0.717) is 0 Å². The van der Waals surface area contributed by atoms with Crippen molar-refractivity contribution in [3.8, 4) is 27.9 Å². The smallest absolute Gasteiger partial charge is 0.136 e. The van der Waals surface area contributed by atoms with Gasteiger partial charge in [-0.2, -0.15) is 0 Å². The minimum atomic E-state index is 0.915. The Kier molecular flexibility index (Phi) is 7.54. The molecule has 0 spiro atoms. The Labute approximate surface area is 341 Å². The van der Waals surface area contributed by atoms with Crippen molar-refractivity contribution in [2.45, 2.75) is 0 Å². The molecular weight excluding hydrogens is 717 g/mol. The van der Waals surface area contributed by atoms with Crippen LogP contribution in [0.4, 0.5) is 17.1 Å². The number of hydrogen-bond acceptors (Lipinski definition) is 2. The van der Waals surface area contributed by atoms with E-state index in [1.807, 2.05) is 6.07 Å². The lowest BCUT2D eigenvalue weighted by molar-refractivity contribution is 0.669. The van der Waals surface area contributed by atoms with Crippen molar-refractivity contribution in [3.05, 3.63) is 218 Å². The van der Waals surface area contributed by atoms with Crippen molar-refractivity contribution < 1.29 is 4.42 Å². The van der Waals surface area contributed by atoms with Crippen molar-refractivity contribution in [2.75, 3.05) is 4.90 Å². The van der Waals surface area contributed by atoms with Crippen LogP contribution in [-0.4, -0.2) is 4.57 Å². The molecule has 12 aromatic rings. The van der Waals surface area contributed by atoms with Gasteiger partial charge in [-0.15, -0.1) is 0 Å². The lowest BCUT2D eigenvalue weighted by Gasteiger charge is -2.26. The van der Waals surface area contributed by atoms with Crippen molar-refractivity contribution >= 4 is 82.4 Å². The van der Waals surface area contributed by atoms with E-state index in [9.17, 15) is 0 Å². The van der Waals surface area contributed by atoms with E-state index in [2.05, 4.69) is 222 Å². The molecule has 276 valence electrons. The first-order valence-corrected chi connectivity index (χ1v) is 20.2. The van der Waals surface area contributed by atoms with E-state index in [0.717, 1.165) is 39.3 Å². The molecule has 12 rings (SSSR count). The molecule has 0 saturated carbocycles. The van der Waals surface area contributed by atoms with E-state index in [-0.39, 0.29) is 0 Å². The molecule has 59 heavy (non-hydrogen) atoms. The van der Waals surface area contributed by atoms with E-state index in [4.69, 9.17) is 4.42 Å². The second-order valence-electron chi connectivity index (χ2n) is 15.4. The molecule has 3 nitrogen and oxygen atoms in total. The molecule has 0 bridgehead atoms. The van der Waals surface area contributed by atoms with E-state index < -0.39 is 0 Å². The van der Waals surface area contributed by atoms with Crippen molar-refractivity contribution in [1.29, 1.82) is 0 Å². The highest BCUT2D eigenvalue weighted by molar-refractivity contribution is 6.23. The summed E-state index contributed by atoms with van der Waals surface area (Å²) in [6.07, 6.45) is 0. The van der Waals surface area contributed by atoms with Crippen LogP contribution < -0.4 is 4.90 Å². The number of aromatic nitrogens is 1. The summed E-state index contributed by atoms with van der Waals surface area (Å²) in [7, 11) is 0. The minimum Gasteiger partial charge on any atom is -0.456 e. The molecule has 0 amide bonds. The van der Waals surface area contributed by atoms with Gasteiger partial charge in [-0.1, -0.05) is 133 Å². The molecule has 0 aliphatic heterocycles. The molecule has 10 aromatic carbocycles. The highest BCUT2D eigenvalue weighted by Crippen LogP contribution is 2.42. The van der Waals surface area contributed by atoms with Gasteiger partial charge >= 0.3 is 0 Å². The van der Waals surface area contributed by atoms with Crippen LogP contribution >= 0.6 is 0 Å². The second-order valence-corrected chi connectivity index (χ2v) is 15.4. The maximum atomic E-state index is 6.31. The summed E-state index contributed by atoms with van der Waals surface area (Å²) in [6, 6.07) is 78.7. The fourth-order valence-electron chi connectivity index (χ4n) is 9.09. The van der Waals surface area contributed by atoms with Crippen molar-refractivity contribution in [3.63, 3.8) is 0 Å². The quantitative estimate of drug-likeness (QED) is 0.169. The Morgan fingerprint density at radius 3 is 1.71 bits per heavy atom. The summed E-state index contributed by atoms with van der Waals surface area (Å²) in [6.45, 7) is 0. The van der Waals surface area contributed by atoms with Crippen LogP contribution in [-0.2, 0) is 0 Å². The van der Waals surface area contributed by atoms with Gasteiger partial charge in [0.2, 0.25) is 0 Å². The molecule has 0 N–H and O–H groups in total. The van der Waals surface area contributed by atoms with Crippen LogP contribution in [0.25, 0.3) is 93.2 Å². The lowest BCUT2D eigenvalue weighted by atomic mass is 9.98. The number of fused-ring (bicyclic) bond motifs is 9. The van der Waals surface area contributed by atoms with Crippen LogP contribution in [0.2, 0.25) is 0 Å². The number of benzene rings is 10. The summed E-state index contributed by atoms with van der Waals surface area (Å²) >= 11 is 0. The Balaban J connectivity index is 0.932. The zero-order chi connectivity index (χ0) is 38.9. The van der Waals surface area contributed by atoms with Crippen molar-refractivity contribution in [1.82, 2.24) is 4.57 Å². The third kappa shape index (κ3) is 5.51. The van der Waals surface area contributed by atoms with Gasteiger partial charge in [-0.3, -0.25) is 0 Å². The number of hydrogen-bond donors (Lipinski definition) is 0. The first kappa shape index (κ1) is 33.3. The number of nitrogens with zero attached hydrogens (tertiary/aromatic N) is 2. The number of para-hydroxylation sites is 3. The zero-order valence-corrected chi connectivity index (χ0v) is 32.1. The molecule has 0 saturated heterocycles. The topological polar surface area (TPSA) is 21.3 Å². The highest BCUT2D eigenvalue weighted by Gasteiger charge is 2.18. The van der Waals surface area contributed by atoms with Crippen LogP contribution in [0.1, 0.15) is 0 Å². The number of furan rings is 1. The summed E-state index contributed by atoms with van der Waals surface area (Å²) in [5, 5.41) is 9.62. The Bertz CT molecular complexity index is 3530. The molecule has 0 aliphatic carbocycles. The lowest BCUT2D eigenvalue weighted by Crippen LogP contribution is -2.09. The summed E-state index contributed by atoms with van der Waals surface area (Å²) in [4.78, 5) is 2.33. The maximum Gasteiger partial charge on any atom is 0.136 e. The van der Waals surface area contributed by atoms with Gasteiger partial charge < -0.3 is 13.9 Å². The molecule has 0 radical (unpaired) electrons. The number of rotatable bonds is 6. The van der Waals surface area contributed by atoms with Crippen LogP contribution in [0.5, 0.6) is 0 Å². The molecule has 2 aromatic heterocycles. The maximum absolute atomic E-state index is 6.31. The standard InChI is InChI=1S/C56H36N2O/c1-3-13-44(14-4-1)57(47-30-25-37-11-7-8-12-41(37)33-47)46-28-23-39(24-29-46)38-19-21-40(22-20-38)42-26-31-52-50(34-42)51-36-49-43(35-53(51)58(52)45-15-5-2-6-16-45)27-32-55-56(49)48-17-9-10-18-54(48)59-55/h1-36H. The first-order chi connectivity index (χ1) is 29.2. The predicted molar refractivity (Wildman–Crippen MR) is 249 cm³/mol. The number of anilines is 3. The Morgan fingerprint density at radius 1 is 0.322 bits per heavy atom. The largest absolute Gasteiger partial charge is 0.456 e. The highest BCUT2D eigenvalue weighted by atomic mass is 16.3. The molecule has 3 heteroatoms. The average molecular weight is 753 g/mol. The Hall–Kier alpha value is -7.88. The van der Waals surface area contributed by atoms with Crippen molar-refractivity contribution in [2.24, 2.45) is 0 Å². The van der Waals surface area contributed by atoms with Crippen LogP contribution in [0.3, 0.4) is 0 Å². The van der Waals surface area contributed by atoms with Gasteiger partial charge in [-0.05, 0) is 129 Å². The molecule has 0 atom stereocenters. The second kappa shape index (κ2) is 13.4. The third-order valence-corrected chi connectivity index (χ3v) is 11.9. The SMILES string of the molecule is c1ccc(N(c2ccc(-c3ccc(-c4ccc5c(c4)c4cc6c(ccc7oc8ccccc8c76)cc4n5-c4ccccc4)cc3)cc2)c2ccc3ccccc3c2)cc1. The molecule has 0 fully saturated rings. The molecule has 2 heterocycles. The average Bonchev–Trinajstić information content (AvgIpc) is 3.84. The molecule has 0 aliphatic rings. The monoisotopic (exact) mass is 752 g/mol. The van der Waals surface area contributed by atoms with Gasteiger partial charge in [0, 0.05) is 44.3 Å². The minimum absolute atomic E-state index is 0.915. The first-order valence-electron chi connectivity index (χ1n) is 20.2. The van der Waals surface area contributed by atoms with Gasteiger partial charge in [0.25, 0.3) is 0 Å². The summed E-state index contributed by atoms with van der Waals surface area (Å²) in [5.74, 6) is 0.